The maximum absolute atomic E-state index is 12.6. The molecule has 0 atom stereocenters. The van der Waals surface area contributed by atoms with Gasteiger partial charge in [-0.2, -0.15) is 0 Å². The predicted molar refractivity (Wildman–Crippen MR) is 107 cm³/mol. The van der Waals surface area contributed by atoms with Crippen LogP contribution in [-0.4, -0.2) is 34.8 Å². The van der Waals surface area contributed by atoms with Crippen LogP contribution >= 0.6 is 11.6 Å². The molecule has 1 aromatic heterocycles. The Morgan fingerprint density at radius 2 is 1.78 bits per heavy atom. The van der Waals surface area contributed by atoms with E-state index in [-0.39, 0.29) is 23.5 Å². The summed E-state index contributed by atoms with van der Waals surface area (Å²) in [6.07, 6.45) is 0. The molecule has 0 bridgehead atoms. The average Bonchev–Trinajstić information content (AvgIpc) is 2.70. The Hall–Kier alpha value is -2.92. The van der Waals surface area contributed by atoms with Crippen LogP contribution in [-0.2, 0) is 11.3 Å². The fourth-order valence-corrected chi connectivity index (χ4v) is 3.07. The average molecular weight is 382 g/mol. The minimum absolute atomic E-state index is 0.0756. The largest absolute Gasteiger partial charge is 0.343 e. The number of rotatable bonds is 6. The van der Waals surface area contributed by atoms with Crippen molar-refractivity contribution in [1.29, 1.82) is 0 Å². The van der Waals surface area contributed by atoms with E-state index >= 15 is 0 Å². The van der Waals surface area contributed by atoms with E-state index in [0.717, 1.165) is 5.56 Å². The number of nitrogens with zero attached hydrogens (tertiary/aromatic N) is 2. The van der Waals surface area contributed by atoms with Crippen molar-refractivity contribution in [2.45, 2.75) is 13.5 Å². The van der Waals surface area contributed by atoms with Crippen molar-refractivity contribution < 1.29 is 9.59 Å². The summed E-state index contributed by atoms with van der Waals surface area (Å²) < 4.78 is 0. The van der Waals surface area contributed by atoms with Crippen LogP contribution < -0.4 is 5.32 Å². The first kappa shape index (κ1) is 18.9. The van der Waals surface area contributed by atoms with Crippen LogP contribution in [0.2, 0.25) is 5.15 Å². The van der Waals surface area contributed by atoms with Crippen LogP contribution in [0.25, 0.3) is 10.9 Å². The van der Waals surface area contributed by atoms with Crippen LogP contribution in [0.4, 0.5) is 0 Å². The Morgan fingerprint density at radius 3 is 2.52 bits per heavy atom. The van der Waals surface area contributed by atoms with Gasteiger partial charge in [-0.25, -0.2) is 4.98 Å². The van der Waals surface area contributed by atoms with E-state index in [1.54, 1.807) is 11.0 Å². The number of aromatic nitrogens is 1. The molecule has 0 fully saturated rings. The van der Waals surface area contributed by atoms with Crippen LogP contribution in [0.1, 0.15) is 22.8 Å². The first-order valence-electron chi connectivity index (χ1n) is 8.73. The van der Waals surface area contributed by atoms with E-state index in [4.69, 9.17) is 11.6 Å². The van der Waals surface area contributed by atoms with Gasteiger partial charge in [-0.15, -0.1) is 0 Å². The van der Waals surface area contributed by atoms with Gasteiger partial charge in [0.1, 0.15) is 5.15 Å². The fraction of sp³-hybridized carbons (Fsp3) is 0.190. The van der Waals surface area contributed by atoms with Crippen molar-refractivity contribution >= 4 is 34.3 Å². The summed E-state index contributed by atoms with van der Waals surface area (Å²) >= 11 is 6.03. The highest BCUT2D eigenvalue weighted by atomic mass is 35.5. The van der Waals surface area contributed by atoms with Crippen molar-refractivity contribution in [2.75, 3.05) is 13.1 Å². The maximum Gasteiger partial charge on any atom is 0.252 e. The highest BCUT2D eigenvalue weighted by Crippen LogP contribution is 2.20. The van der Waals surface area contributed by atoms with E-state index in [1.807, 2.05) is 55.5 Å². The van der Waals surface area contributed by atoms with Crippen molar-refractivity contribution in [1.82, 2.24) is 15.2 Å². The van der Waals surface area contributed by atoms with Crippen LogP contribution in [0.15, 0.2) is 60.7 Å². The van der Waals surface area contributed by atoms with Gasteiger partial charge in [-0.3, -0.25) is 9.59 Å². The van der Waals surface area contributed by atoms with Gasteiger partial charge in [0.2, 0.25) is 5.91 Å². The second-order valence-corrected chi connectivity index (χ2v) is 6.47. The molecular formula is C21H20ClN3O2. The molecular weight excluding hydrogens is 362 g/mol. The SMILES string of the molecule is CCN(Cc1ccccc1)C(=O)CNC(=O)c1cc(Cl)nc2ccccc12. The number of hydrogen-bond acceptors (Lipinski definition) is 3. The lowest BCUT2D eigenvalue weighted by Gasteiger charge is -2.21. The smallest absolute Gasteiger partial charge is 0.252 e. The lowest BCUT2D eigenvalue weighted by molar-refractivity contribution is -0.130. The molecule has 0 aliphatic rings. The summed E-state index contributed by atoms with van der Waals surface area (Å²) in [5.74, 6) is -0.487. The highest BCUT2D eigenvalue weighted by Gasteiger charge is 2.16. The summed E-state index contributed by atoms with van der Waals surface area (Å²) in [6.45, 7) is 2.91. The molecule has 1 heterocycles. The van der Waals surface area contributed by atoms with E-state index in [0.29, 0.717) is 29.6 Å². The van der Waals surface area contributed by atoms with Gasteiger partial charge in [0.15, 0.2) is 0 Å². The Balaban J connectivity index is 1.69. The van der Waals surface area contributed by atoms with Crippen LogP contribution in [0.5, 0.6) is 0 Å². The molecule has 0 spiro atoms. The summed E-state index contributed by atoms with van der Waals surface area (Å²) in [6, 6.07) is 18.5. The van der Waals surface area contributed by atoms with Crippen LogP contribution in [0.3, 0.4) is 0 Å². The maximum atomic E-state index is 12.6. The first-order chi connectivity index (χ1) is 13.1. The van der Waals surface area contributed by atoms with Gasteiger partial charge >= 0.3 is 0 Å². The highest BCUT2D eigenvalue weighted by molar-refractivity contribution is 6.30. The van der Waals surface area contributed by atoms with Crippen molar-refractivity contribution in [2.24, 2.45) is 0 Å². The van der Waals surface area contributed by atoms with Crippen molar-refractivity contribution in [3.8, 4) is 0 Å². The molecule has 0 unspecified atom stereocenters. The lowest BCUT2D eigenvalue weighted by Crippen LogP contribution is -2.39. The zero-order valence-corrected chi connectivity index (χ0v) is 15.7. The topological polar surface area (TPSA) is 62.3 Å². The third kappa shape index (κ3) is 4.63. The number of likely N-dealkylation sites (N-methyl/N-ethyl adjacent to an activating group) is 1. The molecule has 1 N–H and O–H groups in total. The number of para-hydroxylation sites is 1. The van der Waals surface area contributed by atoms with Gasteiger partial charge < -0.3 is 10.2 Å². The minimum Gasteiger partial charge on any atom is -0.343 e. The molecule has 3 rings (SSSR count). The number of hydrogen-bond donors (Lipinski definition) is 1. The van der Waals surface area contributed by atoms with E-state index < -0.39 is 0 Å². The molecule has 138 valence electrons. The zero-order valence-electron chi connectivity index (χ0n) is 15.0. The number of carbonyl (C=O) groups excluding carboxylic acids is 2. The predicted octanol–water partition coefficient (Wildman–Crippen LogP) is 3.67. The summed E-state index contributed by atoms with van der Waals surface area (Å²) in [7, 11) is 0. The van der Waals surface area contributed by atoms with Gasteiger partial charge in [0.05, 0.1) is 17.6 Å². The number of fused-ring (bicyclic) bond motifs is 1. The Bertz CT molecular complexity index is 960. The monoisotopic (exact) mass is 381 g/mol. The quantitative estimate of drug-likeness (QED) is 0.663. The number of pyridine rings is 1. The molecule has 3 aromatic rings. The third-order valence-electron chi connectivity index (χ3n) is 4.28. The second kappa shape index (κ2) is 8.64. The number of halogens is 1. The zero-order chi connectivity index (χ0) is 19.2. The van der Waals surface area contributed by atoms with Crippen molar-refractivity contribution in [3.63, 3.8) is 0 Å². The molecule has 0 aliphatic heterocycles. The summed E-state index contributed by atoms with van der Waals surface area (Å²) in [5, 5.41) is 3.64. The number of nitrogens with one attached hydrogen (secondary N) is 1. The molecule has 2 aromatic carbocycles. The van der Waals surface area contributed by atoms with Gasteiger partial charge in [-0.05, 0) is 24.6 Å². The second-order valence-electron chi connectivity index (χ2n) is 6.09. The lowest BCUT2D eigenvalue weighted by atomic mass is 10.1. The normalized spacial score (nSPS) is 10.6. The molecule has 0 radical (unpaired) electrons. The Morgan fingerprint density at radius 1 is 1.07 bits per heavy atom. The molecule has 0 saturated heterocycles. The Kier molecular flexibility index (Phi) is 6.04. The number of benzene rings is 2. The third-order valence-corrected chi connectivity index (χ3v) is 4.47. The molecule has 2 amide bonds. The molecule has 5 nitrogen and oxygen atoms in total. The summed E-state index contributed by atoms with van der Waals surface area (Å²) in [5.41, 5.74) is 2.09. The molecule has 27 heavy (non-hydrogen) atoms. The fourth-order valence-electron chi connectivity index (χ4n) is 2.87. The minimum atomic E-state index is -0.348. The van der Waals surface area contributed by atoms with E-state index in [9.17, 15) is 9.59 Å². The number of amides is 2. The van der Waals surface area contributed by atoms with Gasteiger partial charge in [-0.1, -0.05) is 60.1 Å². The summed E-state index contributed by atoms with van der Waals surface area (Å²) in [4.78, 5) is 31.0. The standard InChI is InChI=1S/C21H20ClN3O2/c1-2-25(14-15-8-4-3-5-9-15)20(26)13-23-21(27)17-12-19(22)24-18-11-7-6-10-16(17)18/h3-12H,2,13-14H2,1H3,(H,23,27). The first-order valence-corrected chi connectivity index (χ1v) is 9.11. The molecule has 0 saturated carbocycles. The Labute approximate surface area is 163 Å². The van der Waals surface area contributed by atoms with Gasteiger partial charge in [0.25, 0.3) is 5.91 Å². The van der Waals surface area contributed by atoms with Crippen molar-refractivity contribution in [3.05, 3.63) is 76.9 Å². The molecule has 0 aliphatic carbocycles. The van der Waals surface area contributed by atoms with E-state index in [2.05, 4.69) is 10.3 Å². The van der Waals surface area contributed by atoms with Crippen LogP contribution in [0, 0.1) is 0 Å². The molecule has 6 heteroatoms. The van der Waals surface area contributed by atoms with Gasteiger partial charge in [0, 0.05) is 18.5 Å². The van der Waals surface area contributed by atoms with E-state index in [1.165, 1.54) is 6.07 Å². The number of carbonyl (C=O) groups is 2.